The molecule has 0 saturated heterocycles. The van der Waals surface area contributed by atoms with Crippen molar-refractivity contribution in [2.75, 3.05) is 14.2 Å². The van der Waals surface area contributed by atoms with Gasteiger partial charge in [-0.1, -0.05) is 19.3 Å². The molecular weight excluding hydrogens is 204 g/mol. The van der Waals surface area contributed by atoms with Gasteiger partial charge in [0.2, 0.25) is 0 Å². The Hall–Kier alpha value is -1.25. The Morgan fingerprint density at radius 1 is 1.06 bits per heavy atom. The molecule has 0 aromatic rings. The minimum atomic E-state index is -0.355. The number of hydrogen-bond acceptors (Lipinski definition) is 3. The second kappa shape index (κ2) is 7.09. The average molecular weight is 224 g/mol. The molecule has 0 spiro atoms. The molecular formula is C13H20O3. The normalized spacial score (nSPS) is 18.8. The highest BCUT2D eigenvalue weighted by molar-refractivity contribution is 5.82. The highest BCUT2D eigenvalue weighted by atomic mass is 16.5. The minimum absolute atomic E-state index is 0.355. The topological polar surface area (TPSA) is 35.5 Å². The molecule has 90 valence electrons. The Morgan fingerprint density at radius 3 is 2.31 bits per heavy atom. The van der Waals surface area contributed by atoms with E-state index in [9.17, 15) is 4.79 Å². The lowest BCUT2D eigenvalue weighted by Crippen LogP contribution is -2.04. The second-order valence-electron chi connectivity index (χ2n) is 4.03. The summed E-state index contributed by atoms with van der Waals surface area (Å²) >= 11 is 0. The number of ether oxygens (including phenoxy) is 2. The first-order valence-electron chi connectivity index (χ1n) is 5.78. The van der Waals surface area contributed by atoms with Gasteiger partial charge in [-0.15, -0.1) is 0 Å². The summed E-state index contributed by atoms with van der Waals surface area (Å²) in [4.78, 5) is 10.9. The largest absolute Gasteiger partial charge is 0.497 e. The Kier molecular flexibility index (Phi) is 5.68. The van der Waals surface area contributed by atoms with Gasteiger partial charge in [0.15, 0.2) is 0 Å². The van der Waals surface area contributed by atoms with E-state index < -0.39 is 0 Å². The van der Waals surface area contributed by atoms with Gasteiger partial charge in [0.25, 0.3) is 0 Å². The third kappa shape index (κ3) is 4.51. The first-order valence-corrected chi connectivity index (χ1v) is 5.78. The molecule has 1 aliphatic carbocycles. The molecule has 16 heavy (non-hydrogen) atoms. The van der Waals surface area contributed by atoms with Gasteiger partial charge in [-0.25, -0.2) is 4.79 Å². The molecule has 0 aliphatic heterocycles. The zero-order valence-electron chi connectivity index (χ0n) is 10.1. The predicted octanol–water partition coefficient (Wildman–Crippen LogP) is 2.83. The van der Waals surface area contributed by atoms with E-state index in [-0.39, 0.29) is 5.97 Å². The van der Waals surface area contributed by atoms with E-state index in [4.69, 9.17) is 4.74 Å². The lowest BCUT2D eigenvalue weighted by molar-refractivity contribution is -0.134. The first-order chi connectivity index (χ1) is 7.76. The summed E-state index contributed by atoms with van der Waals surface area (Å²) in [6, 6.07) is 0. The smallest absolute Gasteiger partial charge is 0.330 e. The highest BCUT2D eigenvalue weighted by Crippen LogP contribution is 2.25. The molecule has 0 radical (unpaired) electrons. The van der Waals surface area contributed by atoms with Crippen LogP contribution in [0.15, 0.2) is 24.0 Å². The Balaban J connectivity index is 2.54. The Labute approximate surface area is 97.1 Å². The molecule has 1 aliphatic rings. The monoisotopic (exact) mass is 224 g/mol. The molecule has 0 N–H and O–H groups in total. The molecule has 0 heterocycles. The van der Waals surface area contributed by atoms with E-state index in [1.54, 1.807) is 13.2 Å². The molecule has 0 bridgehead atoms. The van der Waals surface area contributed by atoms with Crippen LogP contribution in [-0.2, 0) is 14.3 Å². The second-order valence-corrected chi connectivity index (χ2v) is 4.03. The van der Waals surface area contributed by atoms with Crippen LogP contribution in [0.4, 0.5) is 0 Å². The van der Waals surface area contributed by atoms with Gasteiger partial charge in [-0.2, -0.15) is 0 Å². The van der Waals surface area contributed by atoms with Crippen molar-refractivity contribution in [2.24, 2.45) is 5.92 Å². The van der Waals surface area contributed by atoms with Crippen molar-refractivity contribution in [1.29, 1.82) is 0 Å². The average Bonchev–Trinajstić information content (AvgIpc) is 2.35. The standard InChI is InChI=1S/C13H20O3/c1-15-12(8-9-13(14)16-2)10-11-6-4-3-5-7-11/h8-11H,3-7H2,1-2H3/b9-8+,12-10+. The summed E-state index contributed by atoms with van der Waals surface area (Å²) in [5.74, 6) is 0.981. The van der Waals surface area contributed by atoms with E-state index in [1.165, 1.54) is 45.3 Å². The molecule has 0 aromatic carbocycles. The predicted molar refractivity (Wildman–Crippen MR) is 62.8 cm³/mol. The van der Waals surface area contributed by atoms with Crippen LogP contribution in [0.3, 0.4) is 0 Å². The van der Waals surface area contributed by atoms with Gasteiger partial charge in [0, 0.05) is 6.08 Å². The fourth-order valence-corrected chi connectivity index (χ4v) is 1.94. The van der Waals surface area contributed by atoms with E-state index in [1.807, 2.05) is 0 Å². The summed E-state index contributed by atoms with van der Waals surface area (Å²) < 4.78 is 9.74. The quantitative estimate of drug-likeness (QED) is 0.319. The summed E-state index contributed by atoms with van der Waals surface area (Å²) in [6.45, 7) is 0. The van der Waals surface area contributed by atoms with Gasteiger partial charge in [-0.05, 0) is 30.9 Å². The number of carbonyl (C=O) groups is 1. The Morgan fingerprint density at radius 2 is 1.75 bits per heavy atom. The molecule has 1 saturated carbocycles. The number of allylic oxidation sites excluding steroid dienone is 2. The fraction of sp³-hybridized carbons (Fsp3) is 0.615. The molecule has 0 unspecified atom stereocenters. The number of esters is 1. The molecule has 3 heteroatoms. The molecule has 0 amide bonds. The van der Waals surface area contributed by atoms with Crippen LogP contribution in [0, 0.1) is 5.92 Å². The lowest BCUT2D eigenvalue weighted by Gasteiger charge is -2.18. The van der Waals surface area contributed by atoms with Crippen LogP contribution in [0.2, 0.25) is 0 Å². The van der Waals surface area contributed by atoms with Gasteiger partial charge >= 0.3 is 5.97 Å². The molecule has 0 aromatic heterocycles. The number of rotatable bonds is 4. The third-order valence-electron chi connectivity index (χ3n) is 2.87. The fourth-order valence-electron chi connectivity index (χ4n) is 1.94. The lowest BCUT2D eigenvalue weighted by atomic mass is 9.89. The van der Waals surface area contributed by atoms with Crippen LogP contribution in [0.1, 0.15) is 32.1 Å². The highest BCUT2D eigenvalue weighted by Gasteiger charge is 2.11. The van der Waals surface area contributed by atoms with E-state index in [0.29, 0.717) is 5.92 Å². The van der Waals surface area contributed by atoms with Crippen molar-refractivity contribution in [3.8, 4) is 0 Å². The maximum atomic E-state index is 10.9. The zero-order valence-corrected chi connectivity index (χ0v) is 10.1. The molecule has 1 fully saturated rings. The third-order valence-corrected chi connectivity index (χ3v) is 2.87. The number of hydrogen-bond donors (Lipinski definition) is 0. The van der Waals surface area contributed by atoms with Gasteiger partial charge in [0.05, 0.1) is 14.2 Å². The van der Waals surface area contributed by atoms with E-state index in [0.717, 1.165) is 5.76 Å². The van der Waals surface area contributed by atoms with Crippen LogP contribution in [0.5, 0.6) is 0 Å². The minimum Gasteiger partial charge on any atom is -0.497 e. The van der Waals surface area contributed by atoms with Crippen molar-refractivity contribution < 1.29 is 14.3 Å². The summed E-state index contributed by atoms with van der Waals surface area (Å²) in [5.41, 5.74) is 0. The van der Waals surface area contributed by atoms with E-state index in [2.05, 4.69) is 10.8 Å². The van der Waals surface area contributed by atoms with Gasteiger partial charge < -0.3 is 9.47 Å². The van der Waals surface area contributed by atoms with Crippen molar-refractivity contribution in [2.45, 2.75) is 32.1 Å². The van der Waals surface area contributed by atoms with Gasteiger partial charge in [0.1, 0.15) is 5.76 Å². The molecule has 1 rings (SSSR count). The van der Waals surface area contributed by atoms with Crippen molar-refractivity contribution in [1.82, 2.24) is 0 Å². The Bertz CT molecular complexity index is 273. The first kappa shape index (κ1) is 12.8. The summed E-state index contributed by atoms with van der Waals surface area (Å²) in [5, 5.41) is 0. The van der Waals surface area contributed by atoms with Crippen molar-refractivity contribution >= 4 is 5.97 Å². The maximum Gasteiger partial charge on any atom is 0.330 e. The number of methoxy groups -OCH3 is 2. The van der Waals surface area contributed by atoms with Crippen LogP contribution in [0.25, 0.3) is 0 Å². The van der Waals surface area contributed by atoms with E-state index >= 15 is 0 Å². The summed E-state index contributed by atoms with van der Waals surface area (Å²) in [6.07, 6.45) is 11.5. The van der Waals surface area contributed by atoms with Crippen LogP contribution >= 0.6 is 0 Å². The SMILES string of the molecule is COC(=O)/C=C/C(=C\C1CCCCC1)OC. The van der Waals surface area contributed by atoms with Crippen molar-refractivity contribution in [3.05, 3.63) is 24.0 Å². The maximum absolute atomic E-state index is 10.9. The van der Waals surface area contributed by atoms with Crippen LogP contribution in [-0.4, -0.2) is 20.2 Å². The summed E-state index contributed by atoms with van der Waals surface area (Å²) in [7, 11) is 2.99. The molecule has 0 atom stereocenters. The molecule has 3 nitrogen and oxygen atoms in total. The zero-order chi connectivity index (χ0) is 11.8. The number of carbonyl (C=O) groups excluding carboxylic acids is 1. The van der Waals surface area contributed by atoms with Gasteiger partial charge in [-0.3, -0.25) is 0 Å². The van der Waals surface area contributed by atoms with Crippen LogP contribution < -0.4 is 0 Å². The van der Waals surface area contributed by atoms with Crippen molar-refractivity contribution in [3.63, 3.8) is 0 Å².